The molecule has 0 aliphatic rings. The average Bonchev–Trinajstić information content (AvgIpc) is 2.69. The van der Waals surface area contributed by atoms with E-state index in [-0.39, 0.29) is 0 Å². The van der Waals surface area contributed by atoms with E-state index in [2.05, 4.69) is 39.0 Å². The minimum atomic E-state index is 0.619. The predicted molar refractivity (Wildman–Crippen MR) is 107 cm³/mol. The molecule has 0 atom stereocenters. The van der Waals surface area contributed by atoms with E-state index in [1.54, 1.807) is 12.4 Å². The Hall–Kier alpha value is -2.76. The first kappa shape index (κ1) is 18.0. The van der Waals surface area contributed by atoms with Gasteiger partial charge in [-0.15, -0.1) is 0 Å². The molecule has 0 unspecified atom stereocenters. The van der Waals surface area contributed by atoms with Crippen LogP contribution < -0.4 is 10.2 Å². The van der Waals surface area contributed by atoms with Crippen molar-refractivity contribution in [2.75, 3.05) is 23.3 Å². The number of nitrogens with zero attached hydrogens (tertiary/aromatic N) is 5. The molecule has 1 aromatic carbocycles. The molecule has 6 heteroatoms. The monoisotopic (exact) mass is 350 g/mol. The van der Waals surface area contributed by atoms with Gasteiger partial charge in [-0.2, -0.15) is 9.97 Å². The van der Waals surface area contributed by atoms with Crippen LogP contribution in [-0.2, 0) is 0 Å². The van der Waals surface area contributed by atoms with Crippen LogP contribution in [0.1, 0.15) is 39.5 Å². The molecule has 0 amide bonds. The van der Waals surface area contributed by atoms with Gasteiger partial charge in [0.15, 0.2) is 17.0 Å². The molecule has 0 bridgehead atoms. The molecule has 0 spiro atoms. The molecule has 0 fully saturated rings. The third-order valence-electron chi connectivity index (χ3n) is 4.20. The summed E-state index contributed by atoms with van der Waals surface area (Å²) >= 11 is 0. The lowest BCUT2D eigenvalue weighted by atomic mass is 10.2. The van der Waals surface area contributed by atoms with E-state index in [4.69, 9.17) is 4.98 Å². The summed E-state index contributed by atoms with van der Waals surface area (Å²) in [5.74, 6) is 1.42. The van der Waals surface area contributed by atoms with Crippen molar-refractivity contribution >= 4 is 28.6 Å². The number of benzene rings is 1. The summed E-state index contributed by atoms with van der Waals surface area (Å²) < 4.78 is 0. The zero-order chi connectivity index (χ0) is 18.2. The number of hydrogen-bond donors (Lipinski definition) is 1. The molecule has 136 valence electrons. The Morgan fingerprint density at radius 3 is 2.27 bits per heavy atom. The number of fused-ring (bicyclic) bond motifs is 1. The van der Waals surface area contributed by atoms with Gasteiger partial charge in [0.1, 0.15) is 0 Å². The van der Waals surface area contributed by atoms with E-state index < -0.39 is 0 Å². The van der Waals surface area contributed by atoms with Gasteiger partial charge in [-0.25, -0.2) is 9.97 Å². The number of unbranched alkanes of at least 4 members (excludes halogenated alkanes) is 2. The van der Waals surface area contributed by atoms with Gasteiger partial charge in [-0.05, 0) is 25.0 Å². The number of nitrogens with one attached hydrogen (secondary N) is 1. The third kappa shape index (κ3) is 4.45. The van der Waals surface area contributed by atoms with Gasteiger partial charge in [0.25, 0.3) is 0 Å². The number of aromatic nitrogens is 4. The smallest absolute Gasteiger partial charge is 0.229 e. The van der Waals surface area contributed by atoms with E-state index in [1.807, 2.05) is 30.3 Å². The Morgan fingerprint density at radius 1 is 0.885 bits per heavy atom. The Labute approximate surface area is 154 Å². The molecule has 0 saturated heterocycles. The fraction of sp³-hybridized carbons (Fsp3) is 0.400. The second-order valence-corrected chi connectivity index (χ2v) is 6.29. The summed E-state index contributed by atoms with van der Waals surface area (Å²) in [6.45, 7) is 6.31. The quantitative estimate of drug-likeness (QED) is 0.610. The zero-order valence-corrected chi connectivity index (χ0v) is 15.5. The van der Waals surface area contributed by atoms with Crippen LogP contribution in [0, 0.1) is 0 Å². The standard InChI is InChI=1S/C20H26N6/c1-3-5-14-26(15-6-4-2)20-24-18-17(21-12-13-22-18)19(25-20)23-16-10-8-7-9-11-16/h7-13H,3-6,14-15H2,1-2H3,(H,22,23,24,25). The van der Waals surface area contributed by atoms with Crippen molar-refractivity contribution in [3.8, 4) is 0 Å². The average molecular weight is 350 g/mol. The molecule has 2 aromatic heterocycles. The maximum atomic E-state index is 4.80. The van der Waals surface area contributed by atoms with E-state index >= 15 is 0 Å². The third-order valence-corrected chi connectivity index (χ3v) is 4.20. The molecular weight excluding hydrogens is 324 g/mol. The molecule has 3 aromatic rings. The highest BCUT2D eigenvalue weighted by molar-refractivity contribution is 5.85. The van der Waals surface area contributed by atoms with E-state index in [9.17, 15) is 0 Å². The Balaban J connectivity index is 1.99. The minimum absolute atomic E-state index is 0.619. The molecular formula is C20H26N6. The lowest BCUT2D eigenvalue weighted by Crippen LogP contribution is -2.28. The van der Waals surface area contributed by atoms with Crippen LogP contribution in [-0.4, -0.2) is 33.0 Å². The summed E-state index contributed by atoms with van der Waals surface area (Å²) in [5.41, 5.74) is 2.28. The second kappa shape index (κ2) is 9.08. The minimum Gasteiger partial charge on any atom is -0.341 e. The van der Waals surface area contributed by atoms with Crippen molar-refractivity contribution < 1.29 is 0 Å². The Morgan fingerprint density at radius 2 is 1.58 bits per heavy atom. The van der Waals surface area contributed by atoms with Crippen molar-refractivity contribution in [3.63, 3.8) is 0 Å². The first-order valence-corrected chi connectivity index (χ1v) is 9.37. The fourth-order valence-corrected chi connectivity index (χ4v) is 2.75. The van der Waals surface area contributed by atoms with Crippen LogP contribution in [0.4, 0.5) is 17.5 Å². The normalized spacial score (nSPS) is 10.8. The molecule has 3 rings (SSSR count). The highest BCUT2D eigenvalue weighted by Crippen LogP contribution is 2.24. The van der Waals surface area contributed by atoms with Crippen LogP contribution in [0.15, 0.2) is 42.7 Å². The van der Waals surface area contributed by atoms with E-state index in [0.717, 1.165) is 50.4 Å². The number of rotatable bonds is 9. The van der Waals surface area contributed by atoms with Crippen molar-refractivity contribution in [2.45, 2.75) is 39.5 Å². The highest BCUT2D eigenvalue weighted by Gasteiger charge is 2.15. The molecule has 0 radical (unpaired) electrons. The number of hydrogen-bond acceptors (Lipinski definition) is 6. The summed E-state index contributed by atoms with van der Waals surface area (Å²) in [4.78, 5) is 20.6. The molecule has 0 aliphatic heterocycles. The van der Waals surface area contributed by atoms with Gasteiger partial charge in [0.2, 0.25) is 5.95 Å². The Bertz CT molecular complexity index is 813. The second-order valence-electron chi connectivity index (χ2n) is 6.29. The van der Waals surface area contributed by atoms with Gasteiger partial charge in [0.05, 0.1) is 0 Å². The molecule has 1 N–H and O–H groups in total. The molecule has 2 heterocycles. The lowest BCUT2D eigenvalue weighted by Gasteiger charge is -2.23. The number of anilines is 3. The molecule has 0 saturated carbocycles. The molecule has 6 nitrogen and oxygen atoms in total. The van der Waals surface area contributed by atoms with Gasteiger partial charge in [0, 0.05) is 31.2 Å². The van der Waals surface area contributed by atoms with Gasteiger partial charge in [-0.3, -0.25) is 0 Å². The fourth-order valence-electron chi connectivity index (χ4n) is 2.75. The summed E-state index contributed by atoms with van der Waals surface area (Å²) in [6, 6.07) is 10.00. The Kier molecular flexibility index (Phi) is 6.30. The highest BCUT2D eigenvalue weighted by atomic mass is 15.3. The maximum Gasteiger partial charge on any atom is 0.229 e. The van der Waals surface area contributed by atoms with Crippen LogP contribution >= 0.6 is 0 Å². The summed E-state index contributed by atoms with van der Waals surface area (Å²) in [5, 5.41) is 3.37. The topological polar surface area (TPSA) is 66.8 Å². The van der Waals surface area contributed by atoms with E-state index in [1.165, 1.54) is 0 Å². The summed E-state index contributed by atoms with van der Waals surface area (Å²) in [7, 11) is 0. The van der Waals surface area contributed by atoms with Crippen LogP contribution in [0.5, 0.6) is 0 Å². The van der Waals surface area contributed by atoms with Crippen molar-refractivity contribution in [1.82, 2.24) is 19.9 Å². The largest absolute Gasteiger partial charge is 0.341 e. The first-order chi connectivity index (χ1) is 12.8. The predicted octanol–water partition coefficient (Wildman–Crippen LogP) is 4.57. The van der Waals surface area contributed by atoms with Crippen molar-refractivity contribution in [2.24, 2.45) is 0 Å². The van der Waals surface area contributed by atoms with Gasteiger partial charge >= 0.3 is 0 Å². The van der Waals surface area contributed by atoms with Crippen molar-refractivity contribution in [1.29, 1.82) is 0 Å². The molecule has 0 aliphatic carbocycles. The van der Waals surface area contributed by atoms with Gasteiger partial charge in [-0.1, -0.05) is 44.9 Å². The number of para-hydroxylation sites is 1. The first-order valence-electron chi connectivity index (χ1n) is 9.37. The van der Waals surface area contributed by atoms with Gasteiger partial charge < -0.3 is 10.2 Å². The van der Waals surface area contributed by atoms with Crippen LogP contribution in [0.3, 0.4) is 0 Å². The SMILES string of the molecule is CCCCN(CCCC)c1nc(Nc2ccccc2)c2nccnc2n1. The van der Waals surface area contributed by atoms with E-state index in [0.29, 0.717) is 17.0 Å². The zero-order valence-electron chi connectivity index (χ0n) is 15.5. The van der Waals surface area contributed by atoms with Crippen molar-refractivity contribution in [3.05, 3.63) is 42.7 Å². The lowest BCUT2D eigenvalue weighted by molar-refractivity contribution is 0.664. The van der Waals surface area contributed by atoms with Crippen LogP contribution in [0.25, 0.3) is 11.2 Å². The maximum absolute atomic E-state index is 4.80. The van der Waals surface area contributed by atoms with Crippen LogP contribution in [0.2, 0.25) is 0 Å². The summed E-state index contributed by atoms with van der Waals surface area (Å²) in [6.07, 6.45) is 7.87. The molecule has 26 heavy (non-hydrogen) atoms.